The van der Waals surface area contributed by atoms with Gasteiger partial charge in [0, 0.05) is 18.1 Å². The van der Waals surface area contributed by atoms with Crippen molar-refractivity contribution in [1.29, 1.82) is 0 Å². The van der Waals surface area contributed by atoms with Crippen LogP contribution in [0.2, 0.25) is 0 Å². The lowest BCUT2D eigenvalue weighted by atomic mass is 10.1. The van der Waals surface area contributed by atoms with Crippen molar-refractivity contribution >= 4 is 16.1 Å². The van der Waals surface area contributed by atoms with Gasteiger partial charge in [0.25, 0.3) is 0 Å². The van der Waals surface area contributed by atoms with E-state index in [9.17, 15) is 13.2 Å². The number of sulfonamides is 1. The van der Waals surface area contributed by atoms with Crippen LogP contribution in [0.25, 0.3) is 0 Å². The molecule has 1 N–H and O–H groups in total. The lowest BCUT2D eigenvalue weighted by Crippen LogP contribution is -2.45. The number of nitrogens with zero attached hydrogens (tertiary/aromatic N) is 1. The topological polar surface area (TPSA) is 75.7 Å². The Bertz CT molecular complexity index is 368. The molecule has 0 aromatic rings. The summed E-state index contributed by atoms with van der Waals surface area (Å²) in [4.78, 5) is 13.0. The molecule has 0 aliphatic carbocycles. The Hall–Kier alpha value is -0.820. The second kappa shape index (κ2) is 4.58. The van der Waals surface area contributed by atoms with Crippen molar-refractivity contribution in [3.8, 4) is 0 Å². The van der Waals surface area contributed by atoms with Gasteiger partial charge in [0.05, 0.1) is 13.4 Å². The molecule has 0 aromatic carbocycles. The van der Waals surface area contributed by atoms with E-state index >= 15 is 0 Å². The SMILES string of the molecule is COC(=O)N1C(C)CC(NS(C)(=O)=O)C1C. The van der Waals surface area contributed by atoms with Crippen LogP contribution in [0.4, 0.5) is 4.79 Å². The van der Waals surface area contributed by atoms with E-state index in [1.807, 2.05) is 13.8 Å². The molecule has 6 nitrogen and oxygen atoms in total. The molecule has 3 atom stereocenters. The Morgan fingerprint density at radius 3 is 2.44 bits per heavy atom. The van der Waals surface area contributed by atoms with E-state index in [1.54, 1.807) is 4.90 Å². The predicted molar refractivity (Wildman–Crippen MR) is 59.6 cm³/mol. The summed E-state index contributed by atoms with van der Waals surface area (Å²) < 4.78 is 29.5. The molecule has 0 saturated carbocycles. The van der Waals surface area contributed by atoms with Crippen LogP contribution in [0.3, 0.4) is 0 Å². The van der Waals surface area contributed by atoms with Gasteiger partial charge >= 0.3 is 6.09 Å². The van der Waals surface area contributed by atoms with Crippen LogP contribution in [0.1, 0.15) is 20.3 Å². The van der Waals surface area contributed by atoms with Crippen molar-refractivity contribution in [3.05, 3.63) is 0 Å². The van der Waals surface area contributed by atoms with Crippen LogP contribution in [0, 0.1) is 0 Å². The van der Waals surface area contributed by atoms with E-state index in [4.69, 9.17) is 0 Å². The minimum atomic E-state index is -3.25. The summed E-state index contributed by atoms with van der Waals surface area (Å²) in [5.41, 5.74) is 0. The predicted octanol–water partition coefficient (Wildman–Crippen LogP) is 0.153. The van der Waals surface area contributed by atoms with Crippen LogP contribution in [0.5, 0.6) is 0 Å². The van der Waals surface area contributed by atoms with Crippen molar-refractivity contribution in [3.63, 3.8) is 0 Å². The molecular formula is C9H18N2O4S. The van der Waals surface area contributed by atoms with Gasteiger partial charge in [0.1, 0.15) is 0 Å². The zero-order valence-electron chi connectivity index (χ0n) is 9.93. The Morgan fingerprint density at radius 1 is 1.44 bits per heavy atom. The van der Waals surface area contributed by atoms with Gasteiger partial charge in [0.2, 0.25) is 10.0 Å². The van der Waals surface area contributed by atoms with Gasteiger partial charge in [-0.3, -0.25) is 0 Å². The maximum atomic E-state index is 11.5. The quantitative estimate of drug-likeness (QED) is 0.757. The summed E-state index contributed by atoms with van der Waals surface area (Å²) in [5, 5.41) is 0. The summed E-state index contributed by atoms with van der Waals surface area (Å²) in [6.45, 7) is 3.68. The molecule has 1 amide bonds. The van der Waals surface area contributed by atoms with Gasteiger partial charge < -0.3 is 9.64 Å². The fourth-order valence-electron chi connectivity index (χ4n) is 2.15. The molecule has 16 heavy (non-hydrogen) atoms. The first kappa shape index (κ1) is 13.2. The van der Waals surface area contributed by atoms with Gasteiger partial charge in [0.15, 0.2) is 0 Å². The molecule has 3 unspecified atom stereocenters. The Labute approximate surface area is 96.0 Å². The molecule has 1 aliphatic rings. The smallest absolute Gasteiger partial charge is 0.410 e. The second-order valence-electron chi connectivity index (χ2n) is 4.20. The summed E-state index contributed by atoms with van der Waals surface area (Å²) in [6, 6.07) is -0.469. The largest absolute Gasteiger partial charge is 0.453 e. The molecule has 1 aliphatic heterocycles. The average Bonchev–Trinajstić information content (AvgIpc) is 2.38. The maximum Gasteiger partial charge on any atom is 0.410 e. The average molecular weight is 250 g/mol. The van der Waals surface area contributed by atoms with Gasteiger partial charge in [-0.1, -0.05) is 0 Å². The van der Waals surface area contributed by atoms with Gasteiger partial charge in [-0.15, -0.1) is 0 Å². The Morgan fingerprint density at radius 2 is 2.00 bits per heavy atom. The summed E-state index contributed by atoms with van der Waals surface area (Å²) in [7, 11) is -1.93. The van der Waals surface area contributed by atoms with Crippen LogP contribution >= 0.6 is 0 Å². The molecule has 1 fully saturated rings. The van der Waals surface area contributed by atoms with Crippen LogP contribution < -0.4 is 4.72 Å². The van der Waals surface area contributed by atoms with E-state index in [0.717, 1.165) is 6.26 Å². The summed E-state index contributed by atoms with van der Waals surface area (Å²) in [5.74, 6) is 0. The molecule has 0 spiro atoms. The lowest BCUT2D eigenvalue weighted by molar-refractivity contribution is 0.107. The minimum Gasteiger partial charge on any atom is -0.453 e. The first-order chi connectivity index (χ1) is 7.26. The number of hydrogen-bond acceptors (Lipinski definition) is 4. The first-order valence-electron chi connectivity index (χ1n) is 5.10. The maximum absolute atomic E-state index is 11.5. The highest BCUT2D eigenvalue weighted by molar-refractivity contribution is 7.88. The molecule has 1 heterocycles. The van der Waals surface area contributed by atoms with Crippen molar-refractivity contribution < 1.29 is 17.9 Å². The van der Waals surface area contributed by atoms with E-state index in [2.05, 4.69) is 9.46 Å². The molecule has 0 bridgehead atoms. The minimum absolute atomic E-state index is 0.0262. The number of likely N-dealkylation sites (tertiary alicyclic amines) is 1. The zero-order chi connectivity index (χ0) is 12.5. The number of rotatable bonds is 2. The summed E-state index contributed by atoms with van der Waals surface area (Å²) >= 11 is 0. The van der Waals surface area contributed by atoms with Gasteiger partial charge in [-0.05, 0) is 20.3 Å². The fourth-order valence-corrected chi connectivity index (χ4v) is 2.99. The van der Waals surface area contributed by atoms with Crippen LogP contribution in [-0.2, 0) is 14.8 Å². The lowest BCUT2D eigenvalue weighted by Gasteiger charge is -2.25. The second-order valence-corrected chi connectivity index (χ2v) is 5.98. The van der Waals surface area contributed by atoms with Gasteiger partial charge in [-0.2, -0.15) is 0 Å². The Kier molecular flexibility index (Phi) is 3.80. The van der Waals surface area contributed by atoms with Crippen molar-refractivity contribution in [2.45, 2.75) is 38.4 Å². The van der Waals surface area contributed by atoms with E-state index < -0.39 is 16.1 Å². The van der Waals surface area contributed by atoms with Crippen LogP contribution in [-0.4, -0.2) is 50.9 Å². The number of amides is 1. The number of hydrogen-bond donors (Lipinski definition) is 1. The highest BCUT2D eigenvalue weighted by atomic mass is 32.2. The third-order valence-electron chi connectivity index (χ3n) is 2.84. The fraction of sp³-hybridized carbons (Fsp3) is 0.889. The third-order valence-corrected chi connectivity index (χ3v) is 3.57. The highest BCUT2D eigenvalue weighted by Gasteiger charge is 2.40. The monoisotopic (exact) mass is 250 g/mol. The zero-order valence-corrected chi connectivity index (χ0v) is 10.7. The van der Waals surface area contributed by atoms with E-state index in [0.29, 0.717) is 6.42 Å². The number of carbonyl (C=O) groups is 1. The first-order valence-corrected chi connectivity index (χ1v) is 6.99. The number of methoxy groups -OCH3 is 1. The Balaban J connectivity index is 2.78. The molecule has 94 valence electrons. The number of carbonyl (C=O) groups excluding carboxylic acids is 1. The molecule has 1 rings (SSSR count). The number of ether oxygens (including phenoxy) is 1. The van der Waals surface area contributed by atoms with E-state index in [1.165, 1.54) is 7.11 Å². The third kappa shape index (κ3) is 2.85. The molecular weight excluding hydrogens is 232 g/mol. The molecule has 0 radical (unpaired) electrons. The van der Waals surface area contributed by atoms with Crippen molar-refractivity contribution in [2.75, 3.05) is 13.4 Å². The van der Waals surface area contributed by atoms with Crippen LogP contribution in [0.15, 0.2) is 0 Å². The van der Waals surface area contributed by atoms with Gasteiger partial charge in [-0.25, -0.2) is 17.9 Å². The number of nitrogens with one attached hydrogen (secondary N) is 1. The van der Waals surface area contributed by atoms with Crippen molar-refractivity contribution in [1.82, 2.24) is 9.62 Å². The normalized spacial score (nSPS) is 30.5. The van der Waals surface area contributed by atoms with Crippen molar-refractivity contribution in [2.24, 2.45) is 0 Å². The summed E-state index contributed by atoms with van der Waals surface area (Å²) in [6.07, 6.45) is 1.30. The molecule has 0 aromatic heterocycles. The molecule has 7 heteroatoms. The molecule has 1 saturated heterocycles. The standard InChI is InChI=1S/C9H18N2O4S/c1-6-5-8(10-16(4,13)14)7(2)11(6)9(12)15-3/h6-8,10H,5H2,1-4H3. The van der Waals surface area contributed by atoms with E-state index in [-0.39, 0.29) is 18.1 Å². The highest BCUT2D eigenvalue weighted by Crippen LogP contribution is 2.25.